The highest BCUT2D eigenvalue weighted by molar-refractivity contribution is 6.38. The van der Waals surface area contributed by atoms with Crippen molar-refractivity contribution in [3.63, 3.8) is 0 Å². The van der Waals surface area contributed by atoms with Crippen molar-refractivity contribution in [2.24, 2.45) is 22.4 Å². The van der Waals surface area contributed by atoms with Crippen molar-refractivity contribution in [2.75, 3.05) is 13.7 Å². The van der Waals surface area contributed by atoms with E-state index in [1.807, 2.05) is 25.1 Å². The largest absolute Gasteiger partial charge is 0.469 e. The minimum absolute atomic E-state index is 0.0347. The van der Waals surface area contributed by atoms with Crippen molar-refractivity contribution in [2.45, 2.75) is 109 Å². The van der Waals surface area contributed by atoms with Gasteiger partial charge >= 0.3 is 5.97 Å². The number of benzene rings is 1. The first-order chi connectivity index (χ1) is 24.2. The van der Waals surface area contributed by atoms with Gasteiger partial charge in [0.25, 0.3) is 5.91 Å². The van der Waals surface area contributed by atoms with E-state index in [2.05, 4.69) is 21.1 Å². The molecule has 0 aromatic heterocycles. The molecule has 2 aliphatic carbocycles. The second-order valence-corrected chi connectivity index (χ2v) is 15.6. The van der Waals surface area contributed by atoms with Gasteiger partial charge in [0.05, 0.1) is 37.2 Å². The predicted octanol–water partition coefficient (Wildman–Crippen LogP) is 3.22. The summed E-state index contributed by atoms with van der Waals surface area (Å²) in [5.41, 5.74) is -0.571. The number of halogens is 1. The number of rotatable bonds is 12. The number of allylic oxidation sites excluding steroid dienone is 2. The van der Waals surface area contributed by atoms with E-state index in [-0.39, 0.29) is 31.8 Å². The Kier molecular flexibility index (Phi) is 11.6. The van der Waals surface area contributed by atoms with E-state index in [1.54, 1.807) is 39.0 Å². The number of oxime groups is 1. The van der Waals surface area contributed by atoms with Crippen LogP contribution in [0.2, 0.25) is 5.02 Å². The van der Waals surface area contributed by atoms with Gasteiger partial charge in [-0.1, -0.05) is 75.2 Å². The number of methoxy groups -OCH3 is 1. The summed E-state index contributed by atoms with van der Waals surface area (Å²) in [6.45, 7) is 7.21. The van der Waals surface area contributed by atoms with E-state index < -0.39 is 76.4 Å². The predicted molar refractivity (Wildman–Crippen MR) is 188 cm³/mol. The molecule has 1 spiro atoms. The molecule has 0 bridgehead atoms. The average Bonchev–Trinajstić information content (AvgIpc) is 3.69. The number of ether oxygens (including phenoxy) is 1. The Balaban J connectivity index is 1.42. The Morgan fingerprint density at radius 2 is 1.76 bits per heavy atom. The summed E-state index contributed by atoms with van der Waals surface area (Å²) in [4.78, 5) is 88.6. The molecule has 51 heavy (non-hydrogen) atoms. The van der Waals surface area contributed by atoms with Gasteiger partial charge in [0.15, 0.2) is 5.60 Å². The Labute approximate surface area is 303 Å². The van der Waals surface area contributed by atoms with Crippen LogP contribution in [0.5, 0.6) is 0 Å². The quantitative estimate of drug-likeness (QED) is 0.167. The number of Topliss-reactive ketones (excluding diaryl/α,β-unsaturated/α-hetero) is 1. The summed E-state index contributed by atoms with van der Waals surface area (Å²) in [7, 11) is 1.27. The SMILES string of the molecule is CCC[C@H](NC(=O)[C@@H]1C[C@]2(CC(c3cccc(Cl)c3)=NO2)CN1C(=O)[C@@H](NC(=O)[C@@H]1CC=CC[C@@H]1C(=O)OC)C(C)(C)C)C(=O)C(=O)NC1CC1. The standard InChI is InChI=1S/C37H48ClN5O8/c1-6-10-26(29(44)33(47)39-23-15-16-23)40-32(46)28-19-37(18-27(42-51-37)21-11-9-12-22(38)17-21)20-43(28)34(48)30(36(2,3)4)41-31(45)24-13-7-8-14-25(24)35(49)50-5/h7-9,11-12,17,23-26,28,30H,6,10,13-16,18-20H2,1-5H3,(H,39,47)(H,40,46)(H,41,45)/t24-,25+,26+,28+,30-,37-/m1/s1. The van der Waals surface area contributed by atoms with Crippen molar-refractivity contribution in [3.8, 4) is 0 Å². The van der Waals surface area contributed by atoms with Crippen molar-refractivity contribution in [1.82, 2.24) is 20.9 Å². The maximum atomic E-state index is 14.7. The number of hydrogen-bond donors (Lipinski definition) is 3. The van der Waals surface area contributed by atoms with Crippen molar-refractivity contribution in [3.05, 3.63) is 47.0 Å². The second kappa shape index (κ2) is 15.5. The van der Waals surface area contributed by atoms with Gasteiger partial charge in [0.1, 0.15) is 12.1 Å². The first-order valence-electron chi connectivity index (χ1n) is 17.7. The molecule has 1 saturated heterocycles. The third-order valence-electron chi connectivity index (χ3n) is 10.0. The lowest BCUT2D eigenvalue weighted by Crippen LogP contribution is -2.60. The summed E-state index contributed by atoms with van der Waals surface area (Å²) in [6.07, 6.45) is 6.95. The van der Waals surface area contributed by atoms with Crippen molar-refractivity contribution >= 4 is 52.7 Å². The molecule has 5 rings (SSSR count). The lowest BCUT2D eigenvalue weighted by atomic mass is 9.80. The van der Waals surface area contributed by atoms with Gasteiger partial charge in [0, 0.05) is 29.5 Å². The number of nitrogens with one attached hydrogen (secondary N) is 3. The van der Waals surface area contributed by atoms with Crippen LogP contribution in [0.4, 0.5) is 0 Å². The molecule has 2 fully saturated rings. The van der Waals surface area contributed by atoms with Crippen LogP contribution >= 0.6 is 11.6 Å². The number of carbonyl (C=O) groups excluding carboxylic acids is 6. The molecule has 13 nitrogen and oxygen atoms in total. The molecule has 6 atom stereocenters. The van der Waals surface area contributed by atoms with Gasteiger partial charge in [-0.05, 0) is 49.7 Å². The summed E-state index contributed by atoms with van der Waals surface area (Å²) in [5, 5.41) is 13.2. The van der Waals surface area contributed by atoms with Gasteiger partial charge in [-0.2, -0.15) is 0 Å². The summed E-state index contributed by atoms with van der Waals surface area (Å²) in [6, 6.07) is 3.78. The molecule has 276 valence electrons. The lowest BCUT2D eigenvalue weighted by Gasteiger charge is -2.37. The molecular weight excluding hydrogens is 678 g/mol. The van der Waals surface area contributed by atoms with E-state index in [0.717, 1.165) is 18.4 Å². The van der Waals surface area contributed by atoms with Crippen LogP contribution in [-0.2, 0) is 38.3 Å². The van der Waals surface area contributed by atoms with E-state index in [4.69, 9.17) is 21.2 Å². The van der Waals surface area contributed by atoms with Crippen LogP contribution in [0.25, 0.3) is 0 Å². The fourth-order valence-corrected chi connectivity index (χ4v) is 7.19. The van der Waals surface area contributed by atoms with E-state index in [0.29, 0.717) is 30.0 Å². The Bertz CT molecular complexity index is 1620. The molecule has 1 aromatic carbocycles. The van der Waals surface area contributed by atoms with Crippen molar-refractivity contribution < 1.29 is 38.3 Å². The Morgan fingerprint density at radius 3 is 2.39 bits per heavy atom. The highest BCUT2D eigenvalue weighted by Crippen LogP contribution is 2.40. The van der Waals surface area contributed by atoms with Crippen LogP contribution in [0.3, 0.4) is 0 Å². The molecule has 2 aliphatic heterocycles. The van der Waals surface area contributed by atoms with E-state index in [1.165, 1.54) is 12.0 Å². The maximum absolute atomic E-state index is 14.7. The monoisotopic (exact) mass is 725 g/mol. The zero-order valence-corrected chi connectivity index (χ0v) is 30.6. The third kappa shape index (κ3) is 8.80. The number of amides is 4. The minimum Gasteiger partial charge on any atom is -0.469 e. The lowest BCUT2D eigenvalue weighted by molar-refractivity contribution is -0.151. The van der Waals surface area contributed by atoms with Gasteiger partial charge in [0.2, 0.25) is 23.5 Å². The van der Waals surface area contributed by atoms with E-state index >= 15 is 0 Å². The first kappa shape index (κ1) is 38.0. The van der Waals surface area contributed by atoms with Crippen LogP contribution < -0.4 is 16.0 Å². The maximum Gasteiger partial charge on any atom is 0.309 e. The zero-order chi connectivity index (χ0) is 37.1. The number of ketones is 1. The molecule has 0 unspecified atom stereocenters. The Hall–Kier alpha value is -4.26. The summed E-state index contributed by atoms with van der Waals surface area (Å²) < 4.78 is 4.96. The molecule has 0 radical (unpaired) electrons. The van der Waals surface area contributed by atoms with Crippen LogP contribution in [0, 0.1) is 17.3 Å². The Morgan fingerprint density at radius 1 is 1.06 bits per heavy atom. The number of nitrogens with zero attached hydrogens (tertiary/aromatic N) is 2. The topological polar surface area (TPSA) is 173 Å². The molecule has 2 heterocycles. The van der Waals surface area contributed by atoms with Crippen LogP contribution in [0.1, 0.15) is 84.6 Å². The fourth-order valence-electron chi connectivity index (χ4n) is 7.00. The van der Waals surface area contributed by atoms with E-state index in [9.17, 15) is 28.8 Å². The number of likely N-dealkylation sites (tertiary alicyclic amines) is 1. The normalized spacial score (nSPS) is 25.3. The van der Waals surface area contributed by atoms with Crippen LogP contribution in [-0.4, -0.2) is 89.4 Å². The van der Waals surface area contributed by atoms with Gasteiger partial charge < -0.3 is 30.4 Å². The van der Waals surface area contributed by atoms with Crippen molar-refractivity contribution in [1.29, 1.82) is 0 Å². The molecule has 1 aromatic rings. The summed E-state index contributed by atoms with van der Waals surface area (Å²) >= 11 is 6.25. The number of carbonyl (C=O) groups is 6. The highest BCUT2D eigenvalue weighted by atomic mass is 35.5. The smallest absolute Gasteiger partial charge is 0.309 e. The molecule has 14 heteroatoms. The number of esters is 1. The molecule has 3 N–H and O–H groups in total. The van der Waals surface area contributed by atoms with Gasteiger partial charge in [-0.25, -0.2) is 0 Å². The third-order valence-corrected chi connectivity index (χ3v) is 10.2. The molecular formula is C37H48ClN5O8. The second-order valence-electron chi connectivity index (χ2n) is 15.1. The fraction of sp³-hybridized carbons (Fsp3) is 0.595. The zero-order valence-electron chi connectivity index (χ0n) is 29.8. The number of hydrogen-bond acceptors (Lipinski definition) is 9. The first-order valence-corrected chi connectivity index (χ1v) is 18.0. The highest BCUT2D eigenvalue weighted by Gasteiger charge is 2.56. The van der Waals surface area contributed by atoms with Gasteiger partial charge in [-0.3, -0.25) is 28.8 Å². The van der Waals surface area contributed by atoms with Crippen LogP contribution in [0.15, 0.2) is 41.6 Å². The molecule has 1 saturated carbocycles. The molecule has 4 aliphatic rings. The summed E-state index contributed by atoms with van der Waals surface area (Å²) in [5.74, 6) is -5.07. The average molecular weight is 726 g/mol. The minimum atomic E-state index is -1.12. The molecule has 4 amide bonds. The van der Waals surface area contributed by atoms with Gasteiger partial charge in [-0.15, -0.1) is 0 Å².